The molecular formula is C21H25NaO7. The zero-order valence-electron chi connectivity index (χ0n) is 17.7. The fourth-order valence-corrected chi connectivity index (χ4v) is 3.56. The van der Waals surface area contributed by atoms with Gasteiger partial charge in [0, 0.05) is 5.56 Å². The van der Waals surface area contributed by atoms with Crippen molar-refractivity contribution in [3.05, 3.63) is 34.9 Å². The van der Waals surface area contributed by atoms with E-state index in [-0.39, 0.29) is 46.7 Å². The summed E-state index contributed by atoms with van der Waals surface area (Å²) in [6, 6.07) is 5.40. The summed E-state index contributed by atoms with van der Waals surface area (Å²) in [6.45, 7) is 3.75. The molecule has 1 aliphatic rings. The van der Waals surface area contributed by atoms with Crippen molar-refractivity contribution in [2.75, 3.05) is 21.3 Å². The molecule has 8 heteroatoms. The Morgan fingerprint density at radius 2 is 1.59 bits per heavy atom. The quantitative estimate of drug-likeness (QED) is 0.700. The first kappa shape index (κ1) is 25.1. The molecule has 7 nitrogen and oxygen atoms in total. The van der Waals surface area contributed by atoms with Gasteiger partial charge in [-0.05, 0) is 61.6 Å². The van der Waals surface area contributed by atoms with E-state index < -0.39 is 5.97 Å². The summed E-state index contributed by atoms with van der Waals surface area (Å²) >= 11 is 0. The van der Waals surface area contributed by atoms with Gasteiger partial charge in [0.25, 0.3) is 0 Å². The minimum Gasteiger partial charge on any atom is -0.870 e. The van der Waals surface area contributed by atoms with Crippen LogP contribution in [-0.2, 0) is 12.8 Å². The second kappa shape index (κ2) is 10.2. The summed E-state index contributed by atoms with van der Waals surface area (Å²) < 4.78 is 22.3. The predicted octanol–water partition coefficient (Wildman–Crippen LogP) is 0.791. The minimum atomic E-state index is -1.02. The third-order valence-corrected chi connectivity index (χ3v) is 4.67. The van der Waals surface area contributed by atoms with Gasteiger partial charge in [-0.25, -0.2) is 4.79 Å². The molecule has 0 radical (unpaired) electrons. The number of benzene rings is 2. The number of hydrogen-bond acceptors (Lipinski definition) is 6. The number of methoxy groups -OCH3 is 3. The van der Waals surface area contributed by atoms with Crippen LogP contribution in [0.25, 0.3) is 11.1 Å². The molecule has 152 valence electrons. The topological polar surface area (TPSA) is 104 Å². The number of fused-ring (bicyclic) bond motifs is 3. The summed E-state index contributed by atoms with van der Waals surface area (Å²) in [4.78, 5) is 11.8. The molecule has 0 saturated heterocycles. The molecule has 3 rings (SSSR count). The van der Waals surface area contributed by atoms with E-state index in [9.17, 15) is 9.90 Å². The number of aromatic carboxylic acids is 1. The first-order chi connectivity index (χ1) is 12.9. The van der Waals surface area contributed by atoms with Crippen molar-refractivity contribution in [1.29, 1.82) is 0 Å². The second-order valence-electron chi connectivity index (χ2n) is 6.65. The molecule has 0 aliphatic heterocycles. The molecule has 0 spiro atoms. The molecule has 2 aromatic carbocycles. The molecule has 0 amide bonds. The fourth-order valence-electron chi connectivity index (χ4n) is 3.56. The van der Waals surface area contributed by atoms with E-state index in [2.05, 4.69) is 0 Å². The van der Waals surface area contributed by atoms with Crippen molar-refractivity contribution in [2.45, 2.75) is 32.8 Å². The molecule has 0 unspecified atom stereocenters. The molecule has 0 heterocycles. The van der Waals surface area contributed by atoms with Crippen molar-refractivity contribution < 1.29 is 63.9 Å². The van der Waals surface area contributed by atoms with Gasteiger partial charge in [-0.1, -0.05) is 0 Å². The molecule has 0 bridgehead atoms. The maximum Gasteiger partial charge on any atom is 1.00 e. The van der Waals surface area contributed by atoms with Gasteiger partial charge in [0.15, 0.2) is 11.5 Å². The van der Waals surface area contributed by atoms with Crippen LogP contribution in [0.2, 0.25) is 0 Å². The Morgan fingerprint density at radius 3 is 2.10 bits per heavy atom. The number of ether oxygens (including phenoxy) is 4. The van der Waals surface area contributed by atoms with E-state index in [0.717, 1.165) is 35.1 Å². The van der Waals surface area contributed by atoms with Gasteiger partial charge in [-0.2, -0.15) is 0 Å². The summed E-state index contributed by atoms with van der Waals surface area (Å²) in [5.74, 6) is 1.08. The maximum atomic E-state index is 11.8. The van der Waals surface area contributed by atoms with Crippen molar-refractivity contribution in [3.63, 3.8) is 0 Å². The number of rotatable bonds is 6. The van der Waals surface area contributed by atoms with Gasteiger partial charge in [0.2, 0.25) is 5.75 Å². The van der Waals surface area contributed by atoms with E-state index in [4.69, 9.17) is 18.9 Å². The van der Waals surface area contributed by atoms with Crippen LogP contribution < -0.4 is 48.5 Å². The Balaban J connectivity index is 0.00000210. The van der Waals surface area contributed by atoms with E-state index in [1.165, 1.54) is 0 Å². The standard InChI is InChI=1S/C21H24O6.Na.H2O/c1-11(2)27-17-8-12-6-7-13-15(14(12)9-16(17)21(22)23)10-18(24-3)20(26-5)19(13)25-4;;/h8-11H,6-7H2,1-5H3,(H,22,23);;1H2/q;+1;/p-1. The Kier molecular flexibility index (Phi) is 8.84. The molecular weight excluding hydrogens is 387 g/mol. The third kappa shape index (κ3) is 4.64. The SMILES string of the molecule is COc1cc2c(c(OC)c1OC)CCc1cc(OC(C)C)c(C(=O)O)cc1-2.[Na+].[OH-]. The molecule has 0 aromatic heterocycles. The van der Waals surface area contributed by atoms with Gasteiger partial charge in [0.05, 0.1) is 27.4 Å². The van der Waals surface area contributed by atoms with Crippen molar-refractivity contribution in [1.82, 2.24) is 0 Å². The Labute approximate surface area is 192 Å². The van der Waals surface area contributed by atoms with Crippen LogP contribution in [0.5, 0.6) is 23.0 Å². The van der Waals surface area contributed by atoms with Crippen LogP contribution >= 0.6 is 0 Å². The second-order valence-corrected chi connectivity index (χ2v) is 6.65. The monoisotopic (exact) mass is 412 g/mol. The summed E-state index contributed by atoms with van der Waals surface area (Å²) in [6.07, 6.45) is 1.39. The molecule has 0 fully saturated rings. The van der Waals surface area contributed by atoms with Crippen molar-refractivity contribution >= 4 is 5.97 Å². The molecule has 0 saturated carbocycles. The van der Waals surface area contributed by atoms with Crippen molar-refractivity contribution in [2.24, 2.45) is 0 Å². The number of hydrogen-bond donors (Lipinski definition) is 1. The number of carboxylic acid groups (broad SMARTS) is 1. The van der Waals surface area contributed by atoms with E-state index in [1.54, 1.807) is 27.4 Å². The molecule has 1 aliphatic carbocycles. The van der Waals surface area contributed by atoms with Crippen LogP contribution in [0.15, 0.2) is 18.2 Å². The molecule has 2 N–H and O–H groups in total. The van der Waals surface area contributed by atoms with Crippen LogP contribution in [0, 0.1) is 0 Å². The maximum absolute atomic E-state index is 11.8. The van der Waals surface area contributed by atoms with Crippen LogP contribution in [-0.4, -0.2) is 44.0 Å². The van der Waals surface area contributed by atoms with Gasteiger partial charge in [-0.15, -0.1) is 0 Å². The number of carboxylic acids is 1. The predicted molar refractivity (Wildman–Crippen MR) is 104 cm³/mol. The normalized spacial score (nSPS) is 11.4. The van der Waals surface area contributed by atoms with Gasteiger partial charge < -0.3 is 29.5 Å². The first-order valence-corrected chi connectivity index (χ1v) is 8.80. The summed E-state index contributed by atoms with van der Waals surface area (Å²) in [5.41, 5.74) is 3.91. The zero-order valence-corrected chi connectivity index (χ0v) is 19.7. The van der Waals surface area contributed by atoms with E-state index in [0.29, 0.717) is 23.0 Å². The minimum absolute atomic E-state index is 0. The van der Waals surface area contributed by atoms with Crippen LogP contribution in [0.3, 0.4) is 0 Å². The molecule has 0 atom stereocenters. The Bertz CT molecular complexity index is 893. The van der Waals surface area contributed by atoms with Gasteiger partial charge >= 0.3 is 35.5 Å². The summed E-state index contributed by atoms with van der Waals surface area (Å²) in [7, 11) is 4.73. The zero-order chi connectivity index (χ0) is 19.7. The smallest absolute Gasteiger partial charge is 0.870 e. The van der Waals surface area contributed by atoms with Gasteiger partial charge in [-0.3, -0.25) is 0 Å². The average molecular weight is 412 g/mol. The van der Waals surface area contributed by atoms with E-state index >= 15 is 0 Å². The summed E-state index contributed by atoms with van der Waals surface area (Å²) in [5, 5.41) is 9.66. The number of carbonyl (C=O) groups is 1. The van der Waals surface area contributed by atoms with Gasteiger partial charge in [0.1, 0.15) is 11.3 Å². The fraction of sp³-hybridized carbons (Fsp3) is 0.381. The van der Waals surface area contributed by atoms with Crippen molar-refractivity contribution in [3.8, 4) is 34.1 Å². The molecule has 29 heavy (non-hydrogen) atoms. The Morgan fingerprint density at radius 1 is 0.931 bits per heavy atom. The average Bonchev–Trinajstić information content (AvgIpc) is 2.64. The van der Waals surface area contributed by atoms with E-state index in [1.807, 2.05) is 26.0 Å². The van der Waals surface area contributed by atoms with Crippen LogP contribution in [0.4, 0.5) is 0 Å². The number of aryl methyl sites for hydroxylation is 1. The van der Waals surface area contributed by atoms with Crippen LogP contribution in [0.1, 0.15) is 35.3 Å². The molecule has 2 aromatic rings. The third-order valence-electron chi connectivity index (χ3n) is 4.67. The largest absolute Gasteiger partial charge is 1.00 e. The first-order valence-electron chi connectivity index (χ1n) is 8.80. The Hall–Kier alpha value is -1.93.